The second-order valence-electron chi connectivity index (χ2n) is 6.42. The highest BCUT2D eigenvalue weighted by atomic mass is 35.5. The quantitative estimate of drug-likeness (QED) is 0.411. The number of nitrogens with one attached hydrogen (secondary N) is 1. The third-order valence-electron chi connectivity index (χ3n) is 3.62. The van der Waals surface area contributed by atoms with Crippen LogP contribution in [-0.2, 0) is 14.8 Å². The molecule has 158 valence electrons. The number of carbonyl (C=O) groups is 1. The molecule has 0 bridgehead atoms. The normalized spacial score (nSPS) is 11.5. The van der Waals surface area contributed by atoms with Crippen LogP contribution in [0.2, 0.25) is 15.1 Å². The molecular weight excluding hydrogens is 461 g/mol. The number of rotatable bonds is 9. The Balaban J connectivity index is 2.07. The Morgan fingerprint density at radius 2 is 1.72 bits per heavy atom. The van der Waals surface area contributed by atoms with Crippen LogP contribution in [0.4, 0.5) is 0 Å². The first-order chi connectivity index (χ1) is 13.6. The van der Waals surface area contributed by atoms with Crippen molar-refractivity contribution < 1.29 is 22.7 Å². The maximum atomic E-state index is 12.5. The molecule has 0 amide bonds. The van der Waals surface area contributed by atoms with Crippen LogP contribution in [0.1, 0.15) is 24.2 Å². The van der Waals surface area contributed by atoms with E-state index in [1.54, 1.807) is 24.3 Å². The zero-order valence-corrected chi connectivity index (χ0v) is 18.8. The van der Waals surface area contributed by atoms with E-state index in [0.717, 1.165) is 6.07 Å². The molecule has 29 heavy (non-hydrogen) atoms. The van der Waals surface area contributed by atoms with Gasteiger partial charge in [0.25, 0.3) is 0 Å². The molecule has 0 aromatic heterocycles. The lowest BCUT2D eigenvalue weighted by atomic mass is 10.2. The molecule has 0 atom stereocenters. The van der Waals surface area contributed by atoms with Gasteiger partial charge in [-0.05, 0) is 30.2 Å². The number of para-hydroxylation sites is 1. The van der Waals surface area contributed by atoms with Crippen LogP contribution in [-0.4, -0.2) is 34.1 Å². The summed E-state index contributed by atoms with van der Waals surface area (Å²) in [6.45, 7) is 3.91. The number of hydrogen-bond acceptors (Lipinski definition) is 5. The van der Waals surface area contributed by atoms with E-state index in [4.69, 9.17) is 44.3 Å². The van der Waals surface area contributed by atoms with E-state index >= 15 is 0 Å². The van der Waals surface area contributed by atoms with Gasteiger partial charge >= 0.3 is 5.97 Å². The summed E-state index contributed by atoms with van der Waals surface area (Å²) in [6.07, 6.45) is 0. The molecular formula is C19H20Cl3NO5S. The zero-order chi connectivity index (χ0) is 21.6. The van der Waals surface area contributed by atoms with Gasteiger partial charge in [0.1, 0.15) is 23.9 Å². The number of halogens is 3. The first-order valence-corrected chi connectivity index (χ1v) is 11.3. The van der Waals surface area contributed by atoms with Gasteiger partial charge < -0.3 is 9.47 Å². The van der Waals surface area contributed by atoms with Gasteiger partial charge in [-0.3, -0.25) is 0 Å². The fourth-order valence-corrected chi connectivity index (χ4v) is 4.42. The van der Waals surface area contributed by atoms with E-state index < -0.39 is 16.0 Å². The van der Waals surface area contributed by atoms with E-state index in [2.05, 4.69) is 4.72 Å². The topological polar surface area (TPSA) is 81.7 Å². The molecule has 0 heterocycles. The Morgan fingerprint density at radius 3 is 2.38 bits per heavy atom. The fourth-order valence-electron chi connectivity index (χ4n) is 2.17. The minimum Gasteiger partial charge on any atom is -0.488 e. The molecule has 10 heteroatoms. The first kappa shape index (κ1) is 23.8. The van der Waals surface area contributed by atoms with Crippen LogP contribution in [0.25, 0.3) is 0 Å². The summed E-state index contributed by atoms with van der Waals surface area (Å²) in [4.78, 5) is 12.1. The van der Waals surface area contributed by atoms with Crippen molar-refractivity contribution in [2.75, 3.05) is 19.8 Å². The van der Waals surface area contributed by atoms with Crippen molar-refractivity contribution in [2.24, 2.45) is 5.92 Å². The molecule has 0 fully saturated rings. The van der Waals surface area contributed by atoms with E-state index in [9.17, 15) is 13.2 Å². The number of benzene rings is 2. The molecule has 0 aliphatic rings. The van der Waals surface area contributed by atoms with Gasteiger partial charge in [0.05, 0.1) is 20.6 Å². The minimum absolute atomic E-state index is 0.0187. The molecule has 0 saturated carbocycles. The van der Waals surface area contributed by atoms with Crippen molar-refractivity contribution in [3.63, 3.8) is 0 Å². The number of esters is 1. The van der Waals surface area contributed by atoms with Crippen molar-refractivity contribution in [3.8, 4) is 5.75 Å². The monoisotopic (exact) mass is 479 g/mol. The second kappa shape index (κ2) is 10.5. The second-order valence-corrected chi connectivity index (χ2v) is 9.38. The standard InChI is InChI=1S/C19H20Cl3NO5S/c1-12(2)11-23-29(25,26)18-9-13(15(21)10-16(18)22)19(24)28-8-7-27-17-6-4-3-5-14(17)20/h3-6,9-10,12,23H,7-8,11H2,1-2H3. The van der Waals surface area contributed by atoms with Crippen molar-refractivity contribution in [2.45, 2.75) is 18.7 Å². The SMILES string of the molecule is CC(C)CNS(=O)(=O)c1cc(C(=O)OCCOc2ccccc2Cl)c(Cl)cc1Cl. The van der Waals surface area contributed by atoms with Crippen molar-refractivity contribution in [1.82, 2.24) is 4.72 Å². The molecule has 0 aliphatic heterocycles. The van der Waals surface area contributed by atoms with Gasteiger partial charge in [-0.25, -0.2) is 17.9 Å². The molecule has 0 spiro atoms. The lowest BCUT2D eigenvalue weighted by Gasteiger charge is -2.13. The maximum absolute atomic E-state index is 12.5. The summed E-state index contributed by atoms with van der Waals surface area (Å²) in [5.74, 6) is -0.243. The molecule has 0 radical (unpaired) electrons. The van der Waals surface area contributed by atoms with Crippen LogP contribution >= 0.6 is 34.8 Å². The molecule has 0 aliphatic carbocycles. The van der Waals surface area contributed by atoms with E-state index in [1.165, 1.54) is 6.07 Å². The summed E-state index contributed by atoms with van der Waals surface area (Å²) in [5, 5.41) is 0.322. The Kier molecular flexibility index (Phi) is 8.60. The van der Waals surface area contributed by atoms with Gasteiger partial charge in [0.2, 0.25) is 10.0 Å². The average Bonchev–Trinajstić information content (AvgIpc) is 2.64. The molecule has 2 rings (SSSR count). The highest BCUT2D eigenvalue weighted by Crippen LogP contribution is 2.29. The predicted molar refractivity (Wildman–Crippen MR) is 114 cm³/mol. The first-order valence-electron chi connectivity index (χ1n) is 8.65. The molecule has 2 aromatic carbocycles. The third-order valence-corrected chi connectivity index (χ3v) is 6.14. The van der Waals surface area contributed by atoms with Crippen LogP contribution in [0.15, 0.2) is 41.3 Å². The minimum atomic E-state index is -3.91. The third kappa shape index (κ3) is 6.76. The van der Waals surface area contributed by atoms with E-state index in [0.29, 0.717) is 10.8 Å². The van der Waals surface area contributed by atoms with E-state index in [-0.39, 0.29) is 46.2 Å². The van der Waals surface area contributed by atoms with Crippen LogP contribution in [0, 0.1) is 5.92 Å². The van der Waals surface area contributed by atoms with Crippen LogP contribution < -0.4 is 9.46 Å². The summed E-state index contributed by atoms with van der Waals surface area (Å²) in [5.41, 5.74) is -0.112. The molecule has 6 nitrogen and oxygen atoms in total. The van der Waals surface area contributed by atoms with E-state index in [1.807, 2.05) is 13.8 Å². The Hall–Kier alpha value is -1.51. The summed E-state index contributed by atoms with van der Waals surface area (Å²) < 4.78 is 37.9. The van der Waals surface area contributed by atoms with Crippen molar-refractivity contribution in [3.05, 3.63) is 57.0 Å². The maximum Gasteiger partial charge on any atom is 0.339 e. The molecule has 1 N–H and O–H groups in total. The number of ether oxygens (including phenoxy) is 2. The number of hydrogen-bond donors (Lipinski definition) is 1. The lowest BCUT2D eigenvalue weighted by Crippen LogP contribution is -2.28. The Labute approximate surface area is 185 Å². The highest BCUT2D eigenvalue weighted by molar-refractivity contribution is 7.89. The van der Waals surface area contributed by atoms with Gasteiger partial charge in [0.15, 0.2) is 0 Å². The Bertz CT molecular complexity index is 980. The van der Waals surface area contributed by atoms with Gasteiger partial charge in [-0.15, -0.1) is 0 Å². The fraction of sp³-hybridized carbons (Fsp3) is 0.316. The highest BCUT2D eigenvalue weighted by Gasteiger charge is 2.23. The predicted octanol–water partition coefficient (Wildman–Crippen LogP) is 4.82. The lowest BCUT2D eigenvalue weighted by molar-refractivity contribution is 0.0450. The summed E-state index contributed by atoms with van der Waals surface area (Å²) >= 11 is 18.1. The molecule has 0 unspecified atom stereocenters. The van der Waals surface area contributed by atoms with Gasteiger partial charge in [-0.2, -0.15) is 0 Å². The smallest absolute Gasteiger partial charge is 0.339 e. The van der Waals surface area contributed by atoms with Gasteiger partial charge in [-0.1, -0.05) is 60.8 Å². The number of carbonyl (C=O) groups excluding carboxylic acids is 1. The molecule has 0 saturated heterocycles. The van der Waals surface area contributed by atoms with Gasteiger partial charge in [0, 0.05) is 6.54 Å². The summed E-state index contributed by atoms with van der Waals surface area (Å²) in [7, 11) is -3.91. The van der Waals surface area contributed by atoms with Crippen molar-refractivity contribution in [1.29, 1.82) is 0 Å². The average molecular weight is 481 g/mol. The summed E-state index contributed by atoms with van der Waals surface area (Å²) in [6, 6.07) is 9.18. The van der Waals surface area contributed by atoms with Crippen molar-refractivity contribution >= 4 is 50.8 Å². The Morgan fingerprint density at radius 1 is 1.03 bits per heavy atom. The zero-order valence-electron chi connectivity index (χ0n) is 15.7. The number of sulfonamides is 1. The largest absolute Gasteiger partial charge is 0.488 e. The molecule has 2 aromatic rings. The van der Waals surface area contributed by atoms with Crippen LogP contribution in [0.3, 0.4) is 0 Å². The van der Waals surface area contributed by atoms with Crippen LogP contribution in [0.5, 0.6) is 5.75 Å².